The van der Waals surface area contributed by atoms with E-state index in [2.05, 4.69) is 19.2 Å². The van der Waals surface area contributed by atoms with Crippen LogP contribution in [0.2, 0.25) is 0 Å². The molecule has 19 heavy (non-hydrogen) atoms. The maximum atomic E-state index is 13.0. The van der Waals surface area contributed by atoms with Gasteiger partial charge in [-0.05, 0) is 24.1 Å². The number of urea groups is 1. The van der Waals surface area contributed by atoms with Gasteiger partial charge < -0.3 is 10.2 Å². The first kappa shape index (κ1) is 15.0. The molecule has 0 fully saturated rings. The number of anilines is 1. The van der Waals surface area contributed by atoms with Crippen molar-refractivity contribution in [1.29, 1.82) is 5.26 Å². The molecular weight excluding hydrogens is 245 g/mol. The third-order valence-corrected chi connectivity index (χ3v) is 2.97. The van der Waals surface area contributed by atoms with Gasteiger partial charge in [-0.2, -0.15) is 5.26 Å². The summed E-state index contributed by atoms with van der Waals surface area (Å²) in [6.07, 6.45) is 0.984. The molecule has 4 nitrogen and oxygen atoms in total. The lowest BCUT2D eigenvalue weighted by Gasteiger charge is -2.21. The van der Waals surface area contributed by atoms with Crippen LogP contribution in [0, 0.1) is 23.1 Å². The molecule has 0 saturated heterocycles. The number of benzene rings is 1. The minimum atomic E-state index is -0.498. The van der Waals surface area contributed by atoms with Gasteiger partial charge in [-0.1, -0.05) is 20.3 Å². The van der Waals surface area contributed by atoms with Crippen LogP contribution >= 0.6 is 0 Å². The maximum Gasteiger partial charge on any atom is 0.321 e. The molecule has 0 aliphatic heterocycles. The van der Waals surface area contributed by atoms with Crippen molar-refractivity contribution in [2.75, 3.05) is 18.9 Å². The van der Waals surface area contributed by atoms with E-state index in [0.717, 1.165) is 12.5 Å². The van der Waals surface area contributed by atoms with E-state index in [-0.39, 0.29) is 11.6 Å². The number of carbonyl (C=O) groups excluding carboxylic acids is 1. The standard InChI is InChI=1S/C14H18FN3O/c1-4-10(2)9-18(3)14(19)17-13-6-5-12(15)7-11(13)8-16/h5-7,10H,4,9H2,1-3H3,(H,17,19). The highest BCUT2D eigenvalue weighted by molar-refractivity contribution is 5.90. The first-order valence-electron chi connectivity index (χ1n) is 6.19. The molecule has 0 heterocycles. The van der Waals surface area contributed by atoms with Gasteiger partial charge in [0.1, 0.15) is 11.9 Å². The fraction of sp³-hybridized carbons (Fsp3) is 0.429. The molecular formula is C14H18FN3O. The molecule has 0 aliphatic carbocycles. The minimum Gasteiger partial charge on any atom is -0.327 e. The Bertz CT molecular complexity index is 496. The van der Waals surface area contributed by atoms with Gasteiger partial charge in [0.25, 0.3) is 0 Å². The van der Waals surface area contributed by atoms with Crippen molar-refractivity contribution >= 4 is 11.7 Å². The van der Waals surface area contributed by atoms with Gasteiger partial charge in [-0.25, -0.2) is 9.18 Å². The molecule has 1 unspecified atom stereocenters. The van der Waals surface area contributed by atoms with Gasteiger partial charge in [-0.15, -0.1) is 0 Å². The van der Waals surface area contributed by atoms with Crippen LogP contribution in [0.25, 0.3) is 0 Å². The van der Waals surface area contributed by atoms with Crippen LogP contribution < -0.4 is 5.32 Å². The number of rotatable bonds is 4. The van der Waals surface area contributed by atoms with Gasteiger partial charge >= 0.3 is 6.03 Å². The lowest BCUT2D eigenvalue weighted by Crippen LogP contribution is -2.34. The molecule has 1 atom stereocenters. The van der Waals surface area contributed by atoms with Crippen LogP contribution in [0.15, 0.2) is 18.2 Å². The van der Waals surface area contributed by atoms with E-state index in [0.29, 0.717) is 18.2 Å². The molecule has 0 bridgehead atoms. The average Bonchev–Trinajstić information content (AvgIpc) is 2.40. The lowest BCUT2D eigenvalue weighted by molar-refractivity contribution is 0.215. The van der Waals surface area contributed by atoms with Gasteiger partial charge in [0.15, 0.2) is 0 Å². The Morgan fingerprint density at radius 1 is 1.58 bits per heavy atom. The van der Waals surface area contributed by atoms with Crippen molar-refractivity contribution in [2.24, 2.45) is 5.92 Å². The Hall–Kier alpha value is -2.09. The van der Waals surface area contributed by atoms with E-state index in [4.69, 9.17) is 5.26 Å². The summed E-state index contributed by atoms with van der Waals surface area (Å²) in [5.41, 5.74) is 0.440. The number of nitrogens with zero attached hydrogens (tertiary/aromatic N) is 2. The molecule has 0 saturated carbocycles. The summed E-state index contributed by atoms with van der Waals surface area (Å²) in [7, 11) is 1.69. The zero-order valence-corrected chi connectivity index (χ0v) is 11.4. The van der Waals surface area contributed by atoms with Gasteiger partial charge in [0, 0.05) is 13.6 Å². The van der Waals surface area contributed by atoms with E-state index in [1.54, 1.807) is 11.9 Å². The summed E-state index contributed by atoms with van der Waals surface area (Å²) in [6.45, 7) is 4.75. The summed E-state index contributed by atoms with van der Waals surface area (Å²) in [6, 6.07) is 5.26. The summed E-state index contributed by atoms with van der Waals surface area (Å²) in [4.78, 5) is 13.5. The number of hydrogen-bond acceptors (Lipinski definition) is 2. The molecule has 1 N–H and O–H groups in total. The molecule has 0 spiro atoms. The number of nitrogens with one attached hydrogen (secondary N) is 1. The number of carbonyl (C=O) groups is 1. The number of halogens is 1. The van der Waals surface area contributed by atoms with Crippen molar-refractivity contribution < 1.29 is 9.18 Å². The van der Waals surface area contributed by atoms with Crippen LogP contribution in [0.5, 0.6) is 0 Å². The molecule has 1 aromatic carbocycles. The molecule has 0 aliphatic rings. The van der Waals surface area contributed by atoms with Crippen LogP contribution in [-0.4, -0.2) is 24.5 Å². The van der Waals surface area contributed by atoms with Gasteiger partial charge in [0.2, 0.25) is 0 Å². The fourth-order valence-corrected chi connectivity index (χ4v) is 1.61. The fourth-order valence-electron chi connectivity index (χ4n) is 1.61. The SMILES string of the molecule is CCC(C)CN(C)C(=O)Nc1ccc(F)cc1C#N. The van der Waals surface area contributed by atoms with E-state index in [1.165, 1.54) is 12.1 Å². The highest BCUT2D eigenvalue weighted by Crippen LogP contribution is 2.16. The molecule has 1 aromatic rings. The molecule has 1 rings (SSSR count). The van der Waals surface area contributed by atoms with Crippen molar-refractivity contribution in [3.63, 3.8) is 0 Å². The zero-order chi connectivity index (χ0) is 14.4. The Morgan fingerprint density at radius 2 is 2.26 bits per heavy atom. The minimum absolute atomic E-state index is 0.116. The average molecular weight is 263 g/mol. The topological polar surface area (TPSA) is 56.1 Å². The normalized spacial score (nSPS) is 11.5. The largest absolute Gasteiger partial charge is 0.327 e. The Morgan fingerprint density at radius 3 is 2.84 bits per heavy atom. The van der Waals surface area contributed by atoms with Crippen LogP contribution in [-0.2, 0) is 0 Å². The smallest absolute Gasteiger partial charge is 0.321 e. The number of nitriles is 1. The third kappa shape index (κ3) is 4.25. The summed E-state index contributed by atoms with van der Waals surface area (Å²) < 4.78 is 13.0. The maximum absolute atomic E-state index is 13.0. The third-order valence-electron chi connectivity index (χ3n) is 2.97. The lowest BCUT2D eigenvalue weighted by atomic mass is 10.1. The van der Waals surface area contributed by atoms with Crippen molar-refractivity contribution in [1.82, 2.24) is 4.90 Å². The molecule has 0 radical (unpaired) electrons. The van der Waals surface area contributed by atoms with Crippen LogP contribution in [0.4, 0.5) is 14.9 Å². The monoisotopic (exact) mass is 263 g/mol. The molecule has 0 aromatic heterocycles. The molecule has 5 heteroatoms. The van der Waals surface area contributed by atoms with E-state index < -0.39 is 5.82 Å². The van der Waals surface area contributed by atoms with Crippen molar-refractivity contribution in [3.05, 3.63) is 29.6 Å². The first-order valence-corrected chi connectivity index (χ1v) is 6.19. The van der Waals surface area contributed by atoms with Crippen molar-refractivity contribution in [3.8, 4) is 6.07 Å². The summed E-state index contributed by atoms with van der Waals surface area (Å²) in [5, 5.41) is 11.5. The zero-order valence-electron chi connectivity index (χ0n) is 11.4. The molecule has 2 amide bonds. The van der Waals surface area contributed by atoms with Crippen LogP contribution in [0.3, 0.4) is 0 Å². The Kier molecular flexibility index (Phi) is 5.31. The Labute approximate surface area is 112 Å². The number of amides is 2. The summed E-state index contributed by atoms with van der Waals surface area (Å²) in [5.74, 6) is -0.0955. The van der Waals surface area contributed by atoms with E-state index in [9.17, 15) is 9.18 Å². The predicted molar refractivity (Wildman–Crippen MR) is 72.2 cm³/mol. The van der Waals surface area contributed by atoms with E-state index in [1.807, 2.05) is 6.07 Å². The predicted octanol–water partition coefficient (Wildman–Crippen LogP) is 3.21. The van der Waals surface area contributed by atoms with Gasteiger partial charge in [-0.3, -0.25) is 0 Å². The highest BCUT2D eigenvalue weighted by Gasteiger charge is 2.13. The second-order valence-corrected chi connectivity index (χ2v) is 4.63. The quantitative estimate of drug-likeness (QED) is 0.906. The summed E-state index contributed by atoms with van der Waals surface area (Å²) >= 11 is 0. The van der Waals surface area contributed by atoms with Gasteiger partial charge in [0.05, 0.1) is 11.3 Å². The number of hydrogen-bond donors (Lipinski definition) is 1. The van der Waals surface area contributed by atoms with Crippen LogP contribution in [0.1, 0.15) is 25.8 Å². The second-order valence-electron chi connectivity index (χ2n) is 4.63. The second kappa shape index (κ2) is 6.74. The van der Waals surface area contributed by atoms with Crippen molar-refractivity contribution in [2.45, 2.75) is 20.3 Å². The first-order chi connectivity index (χ1) is 8.97. The Balaban J connectivity index is 2.75. The highest BCUT2D eigenvalue weighted by atomic mass is 19.1. The van der Waals surface area contributed by atoms with E-state index >= 15 is 0 Å². The molecule has 102 valence electrons.